The minimum atomic E-state index is -0.444. The van der Waals surface area contributed by atoms with Gasteiger partial charge in [0.2, 0.25) is 5.91 Å². The molecule has 28 heavy (non-hydrogen) atoms. The highest BCUT2D eigenvalue weighted by molar-refractivity contribution is 5.82. The molecule has 0 unspecified atom stereocenters. The molecular formula is C21H26N2O5. The highest BCUT2D eigenvalue weighted by Crippen LogP contribution is 2.17. The van der Waals surface area contributed by atoms with Crippen LogP contribution in [0, 0.1) is 0 Å². The van der Waals surface area contributed by atoms with Crippen molar-refractivity contribution in [3.63, 3.8) is 0 Å². The van der Waals surface area contributed by atoms with E-state index in [2.05, 4.69) is 17.8 Å². The van der Waals surface area contributed by atoms with Crippen LogP contribution in [-0.2, 0) is 16.0 Å². The predicted molar refractivity (Wildman–Crippen MR) is 105 cm³/mol. The lowest BCUT2D eigenvalue weighted by atomic mass is 10.2. The molecule has 0 radical (unpaired) electrons. The Morgan fingerprint density at radius 3 is 1.89 bits per heavy atom. The molecule has 0 bridgehead atoms. The molecule has 0 aromatic heterocycles. The van der Waals surface area contributed by atoms with Crippen molar-refractivity contribution < 1.29 is 23.8 Å². The van der Waals surface area contributed by atoms with Gasteiger partial charge in [0.25, 0.3) is 5.91 Å². The van der Waals surface area contributed by atoms with Gasteiger partial charge in [0, 0.05) is 0 Å². The maximum Gasteiger partial charge on any atom is 0.276 e. The highest BCUT2D eigenvalue weighted by atomic mass is 16.5. The van der Waals surface area contributed by atoms with Crippen molar-refractivity contribution in [2.75, 3.05) is 19.8 Å². The Kier molecular flexibility index (Phi) is 8.65. The van der Waals surface area contributed by atoms with Crippen LogP contribution in [0.4, 0.5) is 0 Å². The van der Waals surface area contributed by atoms with Crippen molar-refractivity contribution in [3.8, 4) is 17.2 Å². The van der Waals surface area contributed by atoms with Gasteiger partial charge in [-0.3, -0.25) is 20.4 Å². The second-order valence-corrected chi connectivity index (χ2v) is 5.89. The number of carbonyl (C=O) groups is 2. The van der Waals surface area contributed by atoms with Gasteiger partial charge in [0.15, 0.2) is 6.61 Å². The summed E-state index contributed by atoms with van der Waals surface area (Å²) in [6, 6.07) is 14.7. The zero-order valence-corrected chi connectivity index (χ0v) is 16.2. The molecule has 7 heteroatoms. The maximum atomic E-state index is 11.8. The lowest BCUT2D eigenvalue weighted by Crippen LogP contribution is -2.44. The number of rotatable bonds is 10. The van der Waals surface area contributed by atoms with Crippen LogP contribution in [0.5, 0.6) is 17.2 Å². The summed E-state index contributed by atoms with van der Waals surface area (Å²) in [7, 11) is 0. The van der Waals surface area contributed by atoms with Crippen molar-refractivity contribution >= 4 is 11.8 Å². The van der Waals surface area contributed by atoms with E-state index in [1.165, 1.54) is 5.56 Å². The molecule has 0 aliphatic carbocycles. The fourth-order valence-electron chi connectivity index (χ4n) is 2.27. The van der Waals surface area contributed by atoms with E-state index in [9.17, 15) is 9.59 Å². The second-order valence-electron chi connectivity index (χ2n) is 5.89. The summed E-state index contributed by atoms with van der Waals surface area (Å²) in [5, 5.41) is 0. The smallest absolute Gasteiger partial charge is 0.276 e. The average Bonchev–Trinajstić information content (AvgIpc) is 2.72. The number of amides is 2. The molecule has 2 amide bonds. The van der Waals surface area contributed by atoms with Crippen molar-refractivity contribution in [1.82, 2.24) is 10.9 Å². The van der Waals surface area contributed by atoms with Gasteiger partial charge in [-0.05, 0) is 55.3 Å². The summed E-state index contributed by atoms with van der Waals surface area (Å²) in [5.74, 6) is 1.20. The normalized spacial score (nSPS) is 10.1. The van der Waals surface area contributed by atoms with Crippen LogP contribution in [0.25, 0.3) is 0 Å². The lowest BCUT2D eigenvalue weighted by Gasteiger charge is -2.10. The number of hydrogen-bond acceptors (Lipinski definition) is 5. The van der Waals surface area contributed by atoms with Gasteiger partial charge in [-0.2, -0.15) is 0 Å². The number of nitrogens with one attached hydrogen (secondary N) is 2. The number of benzene rings is 2. The Balaban J connectivity index is 1.60. The van der Waals surface area contributed by atoms with Crippen molar-refractivity contribution in [2.45, 2.75) is 26.7 Å². The summed E-state index contributed by atoms with van der Waals surface area (Å²) in [5.41, 5.74) is 5.83. The quantitative estimate of drug-likeness (QED) is 0.613. The molecule has 2 N–H and O–H groups in total. The van der Waals surface area contributed by atoms with E-state index < -0.39 is 5.91 Å². The van der Waals surface area contributed by atoms with Gasteiger partial charge in [0.1, 0.15) is 17.2 Å². The van der Waals surface area contributed by atoms with E-state index in [-0.39, 0.29) is 25.5 Å². The van der Waals surface area contributed by atoms with E-state index in [4.69, 9.17) is 14.2 Å². The van der Waals surface area contributed by atoms with Crippen LogP contribution in [0.2, 0.25) is 0 Å². The molecule has 7 nitrogen and oxygen atoms in total. The van der Waals surface area contributed by atoms with Crippen LogP contribution in [0.3, 0.4) is 0 Å². The zero-order chi connectivity index (χ0) is 20.2. The third-order valence-electron chi connectivity index (χ3n) is 3.78. The minimum absolute atomic E-state index is 0.104. The first kappa shape index (κ1) is 21.1. The first-order valence-corrected chi connectivity index (χ1v) is 9.25. The predicted octanol–water partition coefficient (Wildman–Crippen LogP) is 2.64. The van der Waals surface area contributed by atoms with Gasteiger partial charge >= 0.3 is 0 Å². The molecule has 0 saturated heterocycles. The maximum absolute atomic E-state index is 11.8. The Morgan fingerprint density at radius 2 is 1.29 bits per heavy atom. The Morgan fingerprint density at radius 1 is 0.750 bits per heavy atom. The first-order chi connectivity index (χ1) is 13.6. The molecule has 0 spiro atoms. The fourth-order valence-corrected chi connectivity index (χ4v) is 2.27. The molecule has 0 heterocycles. The summed E-state index contributed by atoms with van der Waals surface area (Å²) < 4.78 is 16.2. The average molecular weight is 386 g/mol. The Hall–Kier alpha value is -3.22. The number of hydrogen-bond donors (Lipinski definition) is 2. The van der Waals surface area contributed by atoms with Crippen LogP contribution in [0.1, 0.15) is 25.8 Å². The Bertz CT molecular complexity index is 744. The topological polar surface area (TPSA) is 85.9 Å². The molecule has 150 valence electrons. The number of hydrazine groups is 1. The highest BCUT2D eigenvalue weighted by Gasteiger charge is 2.06. The second kappa shape index (κ2) is 11.5. The van der Waals surface area contributed by atoms with Crippen LogP contribution in [-0.4, -0.2) is 31.6 Å². The van der Waals surface area contributed by atoms with Crippen molar-refractivity contribution in [3.05, 3.63) is 54.1 Å². The minimum Gasteiger partial charge on any atom is -0.494 e. The first-order valence-electron chi connectivity index (χ1n) is 9.25. The van der Waals surface area contributed by atoms with Gasteiger partial charge in [0.05, 0.1) is 19.6 Å². The summed E-state index contributed by atoms with van der Waals surface area (Å²) in [4.78, 5) is 23.5. The van der Waals surface area contributed by atoms with E-state index >= 15 is 0 Å². The monoisotopic (exact) mass is 386 g/mol. The van der Waals surface area contributed by atoms with E-state index in [1.807, 2.05) is 31.2 Å². The molecular weight excluding hydrogens is 360 g/mol. The van der Waals surface area contributed by atoms with E-state index in [0.29, 0.717) is 18.1 Å². The molecule has 0 fully saturated rings. The molecule has 0 atom stereocenters. The van der Waals surface area contributed by atoms with Crippen LogP contribution in [0.15, 0.2) is 48.5 Å². The Labute approximate surface area is 165 Å². The third kappa shape index (κ3) is 7.57. The number of carbonyl (C=O) groups excluding carboxylic acids is 2. The standard InChI is InChI=1S/C21H26N2O5/c1-3-16-5-7-19(8-6-16)28-15-21(25)23-22-20(24)13-14-27-18-11-9-17(10-12-18)26-4-2/h5-12H,3-4,13-15H2,1-2H3,(H,22,24)(H,23,25). The largest absolute Gasteiger partial charge is 0.494 e. The summed E-state index contributed by atoms with van der Waals surface area (Å²) in [6.07, 6.45) is 1.04. The van der Waals surface area contributed by atoms with Gasteiger partial charge in [-0.1, -0.05) is 19.1 Å². The fraction of sp³-hybridized carbons (Fsp3) is 0.333. The lowest BCUT2D eigenvalue weighted by molar-refractivity contribution is -0.130. The molecule has 2 rings (SSSR count). The molecule has 0 saturated carbocycles. The van der Waals surface area contributed by atoms with Crippen molar-refractivity contribution in [1.29, 1.82) is 0 Å². The molecule has 2 aromatic rings. The number of ether oxygens (including phenoxy) is 3. The number of aryl methyl sites for hydroxylation is 1. The van der Waals surface area contributed by atoms with Gasteiger partial charge < -0.3 is 14.2 Å². The molecule has 2 aromatic carbocycles. The molecule has 0 aliphatic heterocycles. The van der Waals surface area contributed by atoms with Crippen molar-refractivity contribution in [2.24, 2.45) is 0 Å². The van der Waals surface area contributed by atoms with Gasteiger partial charge in [-0.25, -0.2) is 0 Å². The summed E-state index contributed by atoms with van der Waals surface area (Å²) >= 11 is 0. The third-order valence-corrected chi connectivity index (χ3v) is 3.78. The summed E-state index contributed by atoms with van der Waals surface area (Å²) in [6.45, 7) is 4.58. The van der Waals surface area contributed by atoms with E-state index in [1.54, 1.807) is 24.3 Å². The van der Waals surface area contributed by atoms with Gasteiger partial charge in [-0.15, -0.1) is 0 Å². The van der Waals surface area contributed by atoms with E-state index in [0.717, 1.165) is 12.2 Å². The molecule has 0 aliphatic rings. The van der Waals surface area contributed by atoms with Crippen LogP contribution >= 0.6 is 0 Å². The zero-order valence-electron chi connectivity index (χ0n) is 16.2. The SMILES string of the molecule is CCOc1ccc(OCCC(=O)NNC(=O)COc2ccc(CC)cc2)cc1. The van der Waals surface area contributed by atoms with Crippen LogP contribution < -0.4 is 25.1 Å².